The number of likely N-dealkylation sites (N-methyl/N-ethyl adjacent to an activating group) is 1. The molecule has 2 aliphatic heterocycles. The zero-order valence-electron chi connectivity index (χ0n) is 17.6. The first-order valence-corrected chi connectivity index (χ1v) is 10.3. The largest absolute Gasteiger partial charge is 0.368 e. The first-order chi connectivity index (χ1) is 14.4. The van der Waals surface area contributed by atoms with Gasteiger partial charge in [0.1, 0.15) is 11.5 Å². The van der Waals surface area contributed by atoms with Crippen LogP contribution in [0.15, 0.2) is 48.2 Å². The van der Waals surface area contributed by atoms with Gasteiger partial charge in [-0.1, -0.05) is 24.3 Å². The van der Waals surface area contributed by atoms with E-state index in [2.05, 4.69) is 36.9 Å². The fourth-order valence-electron chi connectivity index (χ4n) is 4.27. The number of halogens is 1. The van der Waals surface area contributed by atoms with Crippen LogP contribution >= 0.6 is 0 Å². The van der Waals surface area contributed by atoms with Gasteiger partial charge in [0, 0.05) is 38.4 Å². The fraction of sp³-hybridized carbons (Fsp3) is 0.333. The van der Waals surface area contributed by atoms with Gasteiger partial charge in [0.25, 0.3) is 11.8 Å². The van der Waals surface area contributed by atoms with Crippen molar-refractivity contribution in [3.63, 3.8) is 0 Å². The van der Waals surface area contributed by atoms with Gasteiger partial charge >= 0.3 is 0 Å². The molecule has 0 radical (unpaired) electrons. The van der Waals surface area contributed by atoms with Crippen LogP contribution in [0.4, 0.5) is 10.1 Å². The molecule has 4 rings (SSSR count). The SMILES string of the molecule is CCN1C(=O)C(c2ccc(F)cc2)=C(N2CCN(c3cccc(C)c3C)CC2)C1=O. The Morgan fingerprint density at radius 1 is 0.867 bits per heavy atom. The summed E-state index contributed by atoms with van der Waals surface area (Å²) in [5.41, 5.74) is 5.13. The van der Waals surface area contributed by atoms with Crippen LogP contribution in [-0.2, 0) is 9.59 Å². The van der Waals surface area contributed by atoms with E-state index in [0.29, 0.717) is 36.5 Å². The quantitative estimate of drug-likeness (QED) is 0.729. The van der Waals surface area contributed by atoms with Gasteiger partial charge in [-0.25, -0.2) is 4.39 Å². The van der Waals surface area contributed by atoms with Crippen LogP contribution in [0.25, 0.3) is 5.57 Å². The standard InChI is InChI=1S/C24H26FN3O2/c1-4-28-23(29)21(18-8-10-19(25)11-9-18)22(24(28)30)27-14-12-26(13-15-27)20-7-5-6-16(2)17(20)3/h5-11H,4,12-15H2,1-3H3. The molecule has 6 heteroatoms. The number of imide groups is 1. The highest BCUT2D eigenvalue weighted by Gasteiger charge is 2.41. The minimum Gasteiger partial charge on any atom is -0.368 e. The Bertz CT molecular complexity index is 1020. The lowest BCUT2D eigenvalue weighted by molar-refractivity contribution is -0.137. The minimum atomic E-state index is -0.368. The van der Waals surface area contributed by atoms with E-state index >= 15 is 0 Å². The predicted molar refractivity (Wildman–Crippen MR) is 115 cm³/mol. The lowest BCUT2D eigenvalue weighted by atomic mass is 10.0. The molecule has 156 valence electrons. The minimum absolute atomic E-state index is 0.262. The Labute approximate surface area is 176 Å². The number of nitrogens with zero attached hydrogens (tertiary/aromatic N) is 3. The third-order valence-corrected chi connectivity index (χ3v) is 6.11. The van der Waals surface area contributed by atoms with E-state index in [-0.39, 0.29) is 17.6 Å². The van der Waals surface area contributed by atoms with Crippen LogP contribution in [-0.4, -0.2) is 54.3 Å². The lowest BCUT2D eigenvalue weighted by Crippen LogP contribution is -2.47. The van der Waals surface area contributed by atoms with Crippen molar-refractivity contribution in [1.82, 2.24) is 9.80 Å². The molecule has 2 aliphatic rings. The molecule has 5 nitrogen and oxygen atoms in total. The second-order valence-corrected chi connectivity index (χ2v) is 7.78. The second-order valence-electron chi connectivity index (χ2n) is 7.78. The monoisotopic (exact) mass is 407 g/mol. The smallest absolute Gasteiger partial charge is 0.277 e. The summed E-state index contributed by atoms with van der Waals surface area (Å²) in [7, 11) is 0. The maximum Gasteiger partial charge on any atom is 0.277 e. The maximum atomic E-state index is 13.4. The Hall–Kier alpha value is -3.15. The van der Waals surface area contributed by atoms with Crippen LogP contribution in [0.1, 0.15) is 23.6 Å². The van der Waals surface area contributed by atoms with Gasteiger partial charge in [-0.3, -0.25) is 14.5 Å². The number of rotatable bonds is 4. The van der Waals surface area contributed by atoms with Gasteiger partial charge in [0.15, 0.2) is 0 Å². The molecule has 0 aliphatic carbocycles. The van der Waals surface area contributed by atoms with Crippen molar-refractivity contribution in [3.8, 4) is 0 Å². The van der Waals surface area contributed by atoms with E-state index in [1.807, 2.05) is 4.90 Å². The first kappa shape index (κ1) is 20.1. The number of carbonyl (C=O) groups excluding carboxylic acids is 2. The fourth-order valence-corrected chi connectivity index (χ4v) is 4.27. The van der Waals surface area contributed by atoms with Gasteiger partial charge in [-0.15, -0.1) is 0 Å². The summed E-state index contributed by atoms with van der Waals surface area (Å²) < 4.78 is 13.4. The summed E-state index contributed by atoms with van der Waals surface area (Å²) in [6, 6.07) is 12.1. The maximum absolute atomic E-state index is 13.4. The number of hydrogen-bond acceptors (Lipinski definition) is 4. The Kier molecular flexibility index (Phi) is 5.33. The van der Waals surface area contributed by atoms with E-state index in [0.717, 1.165) is 13.1 Å². The van der Waals surface area contributed by atoms with Crippen LogP contribution < -0.4 is 4.90 Å². The van der Waals surface area contributed by atoms with E-state index in [4.69, 9.17) is 0 Å². The zero-order valence-corrected chi connectivity index (χ0v) is 17.6. The van der Waals surface area contributed by atoms with Crippen molar-refractivity contribution >= 4 is 23.1 Å². The molecule has 2 amide bonds. The molecule has 0 spiro atoms. The van der Waals surface area contributed by atoms with Crippen molar-refractivity contribution in [2.24, 2.45) is 0 Å². The van der Waals surface area contributed by atoms with Crippen molar-refractivity contribution in [1.29, 1.82) is 0 Å². The number of hydrogen-bond donors (Lipinski definition) is 0. The van der Waals surface area contributed by atoms with Crippen molar-refractivity contribution < 1.29 is 14.0 Å². The molecular formula is C24H26FN3O2. The number of amides is 2. The number of benzene rings is 2. The zero-order chi connectivity index (χ0) is 21.4. The van der Waals surface area contributed by atoms with Crippen LogP contribution in [0.2, 0.25) is 0 Å². The number of carbonyl (C=O) groups is 2. The molecule has 0 saturated carbocycles. The van der Waals surface area contributed by atoms with Crippen LogP contribution in [0, 0.1) is 19.7 Å². The van der Waals surface area contributed by atoms with Crippen molar-refractivity contribution in [2.45, 2.75) is 20.8 Å². The molecule has 2 heterocycles. The summed E-state index contributed by atoms with van der Waals surface area (Å²) in [5, 5.41) is 0. The molecular weight excluding hydrogens is 381 g/mol. The summed E-state index contributed by atoms with van der Waals surface area (Å²) in [6.45, 7) is 9.15. The topological polar surface area (TPSA) is 43.9 Å². The van der Waals surface area contributed by atoms with E-state index in [9.17, 15) is 14.0 Å². The molecule has 0 atom stereocenters. The molecule has 30 heavy (non-hydrogen) atoms. The van der Waals surface area contributed by atoms with Gasteiger partial charge in [0.2, 0.25) is 0 Å². The highest BCUT2D eigenvalue weighted by atomic mass is 19.1. The van der Waals surface area contributed by atoms with Gasteiger partial charge < -0.3 is 9.80 Å². The average Bonchev–Trinajstić information content (AvgIpc) is 3.00. The van der Waals surface area contributed by atoms with Gasteiger partial charge in [-0.2, -0.15) is 0 Å². The summed E-state index contributed by atoms with van der Waals surface area (Å²) >= 11 is 0. The molecule has 0 N–H and O–H groups in total. The summed E-state index contributed by atoms with van der Waals surface area (Å²) in [4.78, 5) is 31.6. The van der Waals surface area contributed by atoms with Crippen LogP contribution in [0.3, 0.4) is 0 Å². The summed E-state index contributed by atoms with van der Waals surface area (Å²) in [5.74, 6) is -0.935. The third kappa shape index (κ3) is 3.36. The third-order valence-electron chi connectivity index (χ3n) is 6.11. The highest BCUT2D eigenvalue weighted by Crippen LogP contribution is 2.33. The Morgan fingerprint density at radius 2 is 1.50 bits per heavy atom. The lowest BCUT2D eigenvalue weighted by Gasteiger charge is -2.38. The molecule has 1 saturated heterocycles. The molecule has 0 aromatic heterocycles. The Morgan fingerprint density at radius 3 is 2.13 bits per heavy atom. The molecule has 1 fully saturated rings. The van der Waals surface area contributed by atoms with Crippen molar-refractivity contribution in [3.05, 3.63) is 70.7 Å². The van der Waals surface area contributed by atoms with Gasteiger partial charge in [-0.05, 0) is 55.7 Å². The van der Waals surface area contributed by atoms with Crippen LogP contribution in [0.5, 0.6) is 0 Å². The highest BCUT2D eigenvalue weighted by molar-refractivity contribution is 6.35. The van der Waals surface area contributed by atoms with Gasteiger partial charge in [0.05, 0.1) is 5.57 Å². The predicted octanol–water partition coefficient (Wildman–Crippen LogP) is 3.36. The Balaban J connectivity index is 1.64. The number of anilines is 1. The van der Waals surface area contributed by atoms with E-state index < -0.39 is 0 Å². The molecule has 2 aromatic rings. The molecule has 0 unspecified atom stereocenters. The van der Waals surface area contributed by atoms with E-state index in [1.54, 1.807) is 19.1 Å². The number of piperazine rings is 1. The van der Waals surface area contributed by atoms with Crippen molar-refractivity contribution in [2.75, 3.05) is 37.6 Å². The summed E-state index contributed by atoms with van der Waals surface area (Å²) in [6.07, 6.45) is 0. The van der Waals surface area contributed by atoms with E-state index in [1.165, 1.54) is 33.8 Å². The molecule has 2 aromatic carbocycles. The number of aryl methyl sites for hydroxylation is 1. The second kappa shape index (κ2) is 7.94. The average molecular weight is 407 g/mol. The normalized spacial score (nSPS) is 17.4. The molecule has 0 bridgehead atoms. The first-order valence-electron chi connectivity index (χ1n) is 10.3.